The molecule has 126 valence electrons. The van der Waals surface area contributed by atoms with Gasteiger partial charge < -0.3 is 15.0 Å². The fourth-order valence-corrected chi connectivity index (χ4v) is 3.49. The van der Waals surface area contributed by atoms with E-state index in [-0.39, 0.29) is 23.9 Å². The number of carbonyl (C=O) groups is 1. The van der Waals surface area contributed by atoms with E-state index >= 15 is 0 Å². The molecule has 1 atom stereocenters. The van der Waals surface area contributed by atoms with Crippen molar-refractivity contribution in [2.24, 2.45) is 0 Å². The molecule has 0 saturated heterocycles. The summed E-state index contributed by atoms with van der Waals surface area (Å²) in [6.45, 7) is 2.12. The molecular weight excluding hydrogens is 318 g/mol. The molecule has 1 amide bonds. The van der Waals surface area contributed by atoms with Crippen LogP contribution in [0.25, 0.3) is 10.9 Å². The third-order valence-electron chi connectivity index (χ3n) is 4.62. The monoisotopic (exact) mass is 335 g/mol. The van der Waals surface area contributed by atoms with Gasteiger partial charge in [0.1, 0.15) is 11.3 Å². The Hall–Kier alpha value is -3.15. The fraction of sp³-hybridized carbons (Fsp3) is 0.211. The number of nitrogens with zero attached hydrogens (tertiary/aromatic N) is 2. The smallest absolute Gasteiger partial charge is 0.267 e. The van der Waals surface area contributed by atoms with E-state index in [2.05, 4.69) is 10.3 Å². The summed E-state index contributed by atoms with van der Waals surface area (Å²) in [5.74, 6) is -0.853. The van der Waals surface area contributed by atoms with Crippen LogP contribution in [0.1, 0.15) is 34.6 Å². The van der Waals surface area contributed by atoms with Gasteiger partial charge in [0, 0.05) is 17.6 Å². The number of aromatic nitrogens is 2. The topological polar surface area (TPSA) is 84.2 Å². The van der Waals surface area contributed by atoms with Gasteiger partial charge in [0.25, 0.3) is 11.5 Å². The lowest BCUT2D eigenvalue weighted by molar-refractivity contribution is 0.0946. The lowest BCUT2D eigenvalue weighted by Crippen LogP contribution is -2.33. The van der Waals surface area contributed by atoms with Gasteiger partial charge in [-0.25, -0.2) is 0 Å². The van der Waals surface area contributed by atoms with E-state index in [9.17, 15) is 14.7 Å². The van der Waals surface area contributed by atoms with Crippen molar-refractivity contribution in [3.05, 3.63) is 69.8 Å². The summed E-state index contributed by atoms with van der Waals surface area (Å²) in [5, 5.41) is 13.8. The number of hydrogen-bond acceptors (Lipinski definition) is 4. The van der Waals surface area contributed by atoms with Gasteiger partial charge in [-0.2, -0.15) is 0 Å². The maximum Gasteiger partial charge on any atom is 0.267 e. The van der Waals surface area contributed by atoms with Gasteiger partial charge in [0.2, 0.25) is 0 Å². The Balaban J connectivity index is 1.78. The first-order valence-corrected chi connectivity index (χ1v) is 8.15. The van der Waals surface area contributed by atoms with Crippen molar-refractivity contribution >= 4 is 16.8 Å². The van der Waals surface area contributed by atoms with Crippen molar-refractivity contribution in [3.63, 3.8) is 0 Å². The van der Waals surface area contributed by atoms with Crippen molar-refractivity contribution in [2.75, 3.05) is 0 Å². The Labute approximate surface area is 143 Å². The lowest BCUT2D eigenvalue weighted by Gasteiger charge is -2.14. The predicted molar refractivity (Wildman–Crippen MR) is 93.7 cm³/mol. The highest BCUT2D eigenvalue weighted by molar-refractivity contribution is 6.03. The van der Waals surface area contributed by atoms with Crippen molar-refractivity contribution < 1.29 is 9.90 Å². The van der Waals surface area contributed by atoms with Gasteiger partial charge in [-0.1, -0.05) is 18.2 Å². The first kappa shape index (κ1) is 15.4. The summed E-state index contributed by atoms with van der Waals surface area (Å²) in [7, 11) is 0. The molecule has 3 heterocycles. The molecule has 0 saturated carbocycles. The Morgan fingerprint density at radius 2 is 2.16 bits per heavy atom. The Bertz CT molecular complexity index is 1040. The number of amides is 1. The molecular formula is C19H17N3O3. The average molecular weight is 335 g/mol. The molecule has 25 heavy (non-hydrogen) atoms. The molecule has 1 aromatic carbocycles. The molecule has 4 rings (SSSR count). The van der Waals surface area contributed by atoms with Gasteiger partial charge in [0.15, 0.2) is 0 Å². The van der Waals surface area contributed by atoms with E-state index in [1.807, 2.05) is 25.1 Å². The summed E-state index contributed by atoms with van der Waals surface area (Å²) in [6, 6.07) is 10.9. The van der Waals surface area contributed by atoms with Gasteiger partial charge >= 0.3 is 0 Å². The zero-order valence-corrected chi connectivity index (χ0v) is 13.7. The van der Waals surface area contributed by atoms with Crippen LogP contribution >= 0.6 is 0 Å². The number of para-hydroxylation sites is 1. The second-order valence-corrected chi connectivity index (χ2v) is 6.27. The maximum absolute atomic E-state index is 12.9. The molecule has 1 aliphatic rings. The van der Waals surface area contributed by atoms with E-state index in [0.29, 0.717) is 17.5 Å². The Morgan fingerprint density at radius 3 is 2.92 bits per heavy atom. The normalized spacial score (nSPS) is 15.5. The van der Waals surface area contributed by atoms with Crippen LogP contribution in [0, 0.1) is 0 Å². The number of rotatable bonds is 3. The van der Waals surface area contributed by atoms with Crippen LogP contribution in [0.4, 0.5) is 0 Å². The van der Waals surface area contributed by atoms with E-state index in [1.165, 1.54) is 0 Å². The molecule has 0 spiro atoms. The highest BCUT2D eigenvalue weighted by Crippen LogP contribution is 2.35. The standard InChI is InChI=1S/C19H17N3O3/c1-11-9-12-5-4-7-14-16(12)22(11)19(25)15(17(14)23)18(24)21-10-13-6-2-3-8-20-13/h2-8,11,23H,9-10H2,1H3,(H,21,24). The first-order chi connectivity index (χ1) is 12.1. The van der Waals surface area contributed by atoms with Crippen molar-refractivity contribution in [1.82, 2.24) is 14.9 Å². The van der Waals surface area contributed by atoms with Gasteiger partial charge in [0.05, 0.1) is 17.8 Å². The highest BCUT2D eigenvalue weighted by Gasteiger charge is 2.29. The van der Waals surface area contributed by atoms with E-state index < -0.39 is 11.5 Å². The van der Waals surface area contributed by atoms with E-state index in [4.69, 9.17) is 0 Å². The second kappa shape index (κ2) is 5.73. The Kier molecular flexibility index (Phi) is 3.53. The molecule has 0 aliphatic carbocycles. The van der Waals surface area contributed by atoms with Crippen LogP contribution in [0.2, 0.25) is 0 Å². The molecule has 1 aliphatic heterocycles. The maximum atomic E-state index is 12.9. The van der Waals surface area contributed by atoms with E-state index in [1.54, 1.807) is 29.0 Å². The summed E-state index contributed by atoms with van der Waals surface area (Å²) < 4.78 is 1.61. The largest absolute Gasteiger partial charge is 0.506 e. The predicted octanol–water partition coefficient (Wildman–Crippen LogP) is 2.15. The number of nitrogens with one attached hydrogen (secondary N) is 1. The minimum Gasteiger partial charge on any atom is -0.506 e. The molecule has 6 nitrogen and oxygen atoms in total. The number of aromatic hydroxyl groups is 1. The van der Waals surface area contributed by atoms with Crippen LogP contribution in [0.3, 0.4) is 0 Å². The van der Waals surface area contributed by atoms with Crippen LogP contribution in [-0.2, 0) is 13.0 Å². The zero-order chi connectivity index (χ0) is 17.6. The van der Waals surface area contributed by atoms with E-state index in [0.717, 1.165) is 11.1 Å². The third-order valence-corrected chi connectivity index (χ3v) is 4.62. The molecule has 1 unspecified atom stereocenters. The molecule has 0 radical (unpaired) electrons. The number of hydrogen-bond donors (Lipinski definition) is 2. The minimum absolute atomic E-state index is 0.0460. The average Bonchev–Trinajstić information content (AvgIpc) is 2.96. The van der Waals surface area contributed by atoms with Crippen LogP contribution in [-0.4, -0.2) is 20.6 Å². The minimum atomic E-state index is -0.594. The second-order valence-electron chi connectivity index (χ2n) is 6.27. The summed E-state index contributed by atoms with van der Waals surface area (Å²) in [6.07, 6.45) is 2.35. The van der Waals surface area contributed by atoms with Crippen molar-refractivity contribution in [3.8, 4) is 5.75 Å². The summed E-state index contributed by atoms with van der Waals surface area (Å²) >= 11 is 0. The fourth-order valence-electron chi connectivity index (χ4n) is 3.49. The van der Waals surface area contributed by atoms with Crippen LogP contribution in [0.5, 0.6) is 5.75 Å². The highest BCUT2D eigenvalue weighted by atomic mass is 16.3. The van der Waals surface area contributed by atoms with Gasteiger partial charge in [-0.05, 0) is 37.1 Å². The molecule has 0 fully saturated rings. The number of carbonyl (C=O) groups excluding carboxylic acids is 1. The number of pyridine rings is 2. The van der Waals surface area contributed by atoms with Crippen LogP contribution in [0.15, 0.2) is 47.4 Å². The summed E-state index contributed by atoms with van der Waals surface area (Å²) in [5.41, 5.74) is 1.74. The lowest BCUT2D eigenvalue weighted by atomic mass is 10.1. The third kappa shape index (κ3) is 2.38. The Morgan fingerprint density at radius 1 is 1.32 bits per heavy atom. The molecule has 2 N–H and O–H groups in total. The summed E-state index contributed by atoms with van der Waals surface area (Å²) in [4.78, 5) is 29.6. The van der Waals surface area contributed by atoms with Gasteiger partial charge in [-0.3, -0.25) is 14.6 Å². The quantitative estimate of drug-likeness (QED) is 0.768. The molecule has 3 aromatic rings. The van der Waals surface area contributed by atoms with Gasteiger partial charge in [-0.15, -0.1) is 0 Å². The molecule has 0 bridgehead atoms. The first-order valence-electron chi connectivity index (χ1n) is 8.15. The SMILES string of the molecule is CC1Cc2cccc3c(O)c(C(=O)NCc4ccccn4)c(=O)n1c23. The van der Waals surface area contributed by atoms with Crippen molar-refractivity contribution in [2.45, 2.75) is 25.9 Å². The molecule has 2 aromatic heterocycles. The number of benzene rings is 1. The zero-order valence-electron chi connectivity index (χ0n) is 13.7. The molecule has 6 heteroatoms. The van der Waals surface area contributed by atoms with Crippen molar-refractivity contribution in [1.29, 1.82) is 0 Å². The van der Waals surface area contributed by atoms with Crippen LogP contribution < -0.4 is 10.9 Å².